The fourth-order valence-corrected chi connectivity index (χ4v) is 2.58. The van der Waals surface area contributed by atoms with Gasteiger partial charge in [-0.1, -0.05) is 36.8 Å². The number of rotatable bonds is 3. The van der Waals surface area contributed by atoms with Crippen molar-refractivity contribution in [3.05, 3.63) is 70.5 Å². The number of hydrogen-bond acceptors (Lipinski definition) is 1. The van der Waals surface area contributed by atoms with E-state index in [1.54, 1.807) is 19.1 Å². The Morgan fingerprint density at radius 1 is 1.10 bits per heavy atom. The highest BCUT2D eigenvalue weighted by Crippen LogP contribution is 2.36. The zero-order valence-electron chi connectivity index (χ0n) is 11.5. The number of carbonyl (C=O) groups is 1. The van der Waals surface area contributed by atoms with Gasteiger partial charge in [-0.05, 0) is 48.9 Å². The standard InChI is InChI=1S/C18H17FO/c1-12-8-9-16(11-17(12)19)18(20)15-7-3-6-14(10-15)13-4-2-5-13/h3,6-11,13H,2,4-5H2,1H3. The lowest BCUT2D eigenvalue weighted by Gasteiger charge is -2.26. The van der Waals surface area contributed by atoms with Gasteiger partial charge in [-0.3, -0.25) is 4.79 Å². The van der Waals surface area contributed by atoms with Crippen LogP contribution in [-0.4, -0.2) is 5.78 Å². The van der Waals surface area contributed by atoms with Crippen LogP contribution in [0.15, 0.2) is 42.5 Å². The molecule has 0 spiro atoms. The van der Waals surface area contributed by atoms with Gasteiger partial charge in [-0.25, -0.2) is 4.39 Å². The first-order valence-electron chi connectivity index (χ1n) is 7.06. The summed E-state index contributed by atoms with van der Waals surface area (Å²) in [7, 11) is 0. The monoisotopic (exact) mass is 268 g/mol. The van der Waals surface area contributed by atoms with E-state index in [4.69, 9.17) is 0 Å². The Kier molecular flexibility index (Phi) is 3.39. The van der Waals surface area contributed by atoms with Crippen molar-refractivity contribution in [2.24, 2.45) is 0 Å². The lowest BCUT2D eigenvalue weighted by Crippen LogP contribution is -2.10. The molecule has 20 heavy (non-hydrogen) atoms. The van der Waals surface area contributed by atoms with Gasteiger partial charge >= 0.3 is 0 Å². The summed E-state index contributed by atoms with van der Waals surface area (Å²) in [4.78, 5) is 12.4. The molecule has 102 valence electrons. The second kappa shape index (κ2) is 5.20. The number of benzene rings is 2. The van der Waals surface area contributed by atoms with E-state index < -0.39 is 0 Å². The molecular formula is C18H17FO. The van der Waals surface area contributed by atoms with Crippen LogP contribution in [0.5, 0.6) is 0 Å². The van der Waals surface area contributed by atoms with Gasteiger partial charge in [0.2, 0.25) is 0 Å². The lowest BCUT2D eigenvalue weighted by molar-refractivity contribution is 0.103. The van der Waals surface area contributed by atoms with Gasteiger partial charge in [0.1, 0.15) is 5.82 Å². The fourth-order valence-electron chi connectivity index (χ4n) is 2.58. The number of halogens is 1. The molecule has 0 bridgehead atoms. The zero-order chi connectivity index (χ0) is 14.1. The molecule has 0 heterocycles. The van der Waals surface area contributed by atoms with Gasteiger partial charge in [0.05, 0.1) is 0 Å². The maximum atomic E-state index is 13.6. The van der Waals surface area contributed by atoms with Gasteiger partial charge in [0.15, 0.2) is 5.78 Å². The minimum Gasteiger partial charge on any atom is -0.289 e. The van der Waals surface area contributed by atoms with Crippen LogP contribution in [0.4, 0.5) is 4.39 Å². The molecule has 3 rings (SSSR count). The van der Waals surface area contributed by atoms with Gasteiger partial charge in [-0.2, -0.15) is 0 Å². The van der Waals surface area contributed by atoms with E-state index in [9.17, 15) is 9.18 Å². The molecule has 0 saturated heterocycles. The van der Waals surface area contributed by atoms with Crippen molar-refractivity contribution in [1.82, 2.24) is 0 Å². The maximum Gasteiger partial charge on any atom is 0.193 e. The third-order valence-electron chi connectivity index (χ3n) is 4.16. The first-order chi connectivity index (χ1) is 9.65. The molecule has 0 N–H and O–H groups in total. The molecule has 1 aliphatic rings. The molecule has 0 amide bonds. The highest BCUT2D eigenvalue weighted by atomic mass is 19.1. The summed E-state index contributed by atoms with van der Waals surface area (Å²) >= 11 is 0. The summed E-state index contributed by atoms with van der Waals surface area (Å²) in [6.07, 6.45) is 3.68. The van der Waals surface area contributed by atoms with Crippen LogP contribution in [0.1, 0.15) is 52.2 Å². The van der Waals surface area contributed by atoms with Crippen molar-refractivity contribution in [1.29, 1.82) is 0 Å². The average Bonchev–Trinajstić information content (AvgIpc) is 2.39. The summed E-state index contributed by atoms with van der Waals surface area (Å²) in [5.74, 6) is 0.161. The van der Waals surface area contributed by atoms with Crippen molar-refractivity contribution >= 4 is 5.78 Å². The van der Waals surface area contributed by atoms with Gasteiger partial charge in [0, 0.05) is 11.1 Å². The molecule has 2 aromatic carbocycles. The Morgan fingerprint density at radius 2 is 1.85 bits per heavy atom. The molecule has 0 atom stereocenters. The normalized spacial score (nSPS) is 14.9. The lowest BCUT2D eigenvalue weighted by atomic mass is 9.79. The van der Waals surface area contributed by atoms with E-state index in [0.29, 0.717) is 22.6 Å². The van der Waals surface area contributed by atoms with E-state index in [1.807, 2.05) is 18.2 Å². The fraction of sp³-hybridized carbons (Fsp3) is 0.278. The Hall–Kier alpha value is -1.96. The molecule has 1 aliphatic carbocycles. The van der Waals surface area contributed by atoms with Crippen LogP contribution < -0.4 is 0 Å². The van der Waals surface area contributed by atoms with Crippen LogP contribution in [0.3, 0.4) is 0 Å². The van der Waals surface area contributed by atoms with Crippen molar-refractivity contribution in [3.8, 4) is 0 Å². The van der Waals surface area contributed by atoms with Crippen LogP contribution in [0.2, 0.25) is 0 Å². The molecule has 0 radical (unpaired) electrons. The van der Waals surface area contributed by atoms with Crippen molar-refractivity contribution in [3.63, 3.8) is 0 Å². The van der Waals surface area contributed by atoms with E-state index in [0.717, 1.165) is 0 Å². The zero-order valence-corrected chi connectivity index (χ0v) is 11.5. The first kappa shape index (κ1) is 13.0. The highest BCUT2D eigenvalue weighted by Gasteiger charge is 2.20. The Balaban J connectivity index is 1.91. The smallest absolute Gasteiger partial charge is 0.193 e. The minimum atomic E-state index is -0.328. The third-order valence-corrected chi connectivity index (χ3v) is 4.16. The van der Waals surface area contributed by atoms with Gasteiger partial charge in [0.25, 0.3) is 0 Å². The number of ketones is 1. The van der Waals surface area contributed by atoms with Crippen molar-refractivity contribution in [2.45, 2.75) is 32.1 Å². The summed E-state index contributed by atoms with van der Waals surface area (Å²) in [5.41, 5.74) is 2.86. The van der Waals surface area contributed by atoms with Gasteiger partial charge < -0.3 is 0 Å². The predicted octanol–water partition coefficient (Wildman–Crippen LogP) is 4.63. The summed E-state index contributed by atoms with van der Waals surface area (Å²) < 4.78 is 13.6. The molecule has 1 fully saturated rings. The van der Waals surface area contributed by atoms with Crippen LogP contribution in [-0.2, 0) is 0 Å². The molecular weight excluding hydrogens is 251 g/mol. The molecule has 0 unspecified atom stereocenters. The van der Waals surface area contributed by atoms with Crippen molar-refractivity contribution < 1.29 is 9.18 Å². The molecule has 1 saturated carbocycles. The SMILES string of the molecule is Cc1ccc(C(=O)c2cccc(C3CCC3)c2)cc1F. The number of carbonyl (C=O) groups excluding carboxylic acids is 1. The van der Waals surface area contributed by atoms with Crippen LogP contribution in [0.25, 0.3) is 0 Å². The van der Waals surface area contributed by atoms with E-state index in [2.05, 4.69) is 6.07 Å². The van der Waals surface area contributed by atoms with Crippen molar-refractivity contribution in [2.75, 3.05) is 0 Å². The van der Waals surface area contributed by atoms with E-state index in [-0.39, 0.29) is 11.6 Å². The Morgan fingerprint density at radius 3 is 2.50 bits per heavy atom. The molecule has 0 aliphatic heterocycles. The summed E-state index contributed by atoms with van der Waals surface area (Å²) in [6, 6.07) is 12.4. The second-order valence-electron chi connectivity index (χ2n) is 5.55. The van der Waals surface area contributed by atoms with E-state index >= 15 is 0 Å². The van der Waals surface area contributed by atoms with E-state index in [1.165, 1.54) is 30.9 Å². The maximum absolute atomic E-state index is 13.6. The summed E-state index contributed by atoms with van der Waals surface area (Å²) in [5, 5.41) is 0. The largest absolute Gasteiger partial charge is 0.289 e. The third kappa shape index (κ3) is 2.38. The minimum absolute atomic E-state index is 0.106. The summed E-state index contributed by atoms with van der Waals surface area (Å²) in [6.45, 7) is 1.70. The molecule has 0 aromatic heterocycles. The predicted molar refractivity (Wildman–Crippen MR) is 77.6 cm³/mol. The first-order valence-corrected chi connectivity index (χ1v) is 7.06. The average molecular weight is 268 g/mol. The molecule has 2 heteroatoms. The Labute approximate surface area is 118 Å². The van der Waals surface area contributed by atoms with Crippen LogP contribution in [0, 0.1) is 12.7 Å². The topological polar surface area (TPSA) is 17.1 Å². The molecule has 2 aromatic rings. The quantitative estimate of drug-likeness (QED) is 0.741. The highest BCUT2D eigenvalue weighted by molar-refractivity contribution is 6.09. The molecule has 1 nitrogen and oxygen atoms in total. The number of aryl methyl sites for hydroxylation is 1. The second-order valence-corrected chi connectivity index (χ2v) is 5.55. The van der Waals surface area contributed by atoms with Crippen LogP contribution >= 0.6 is 0 Å². The number of hydrogen-bond donors (Lipinski definition) is 0. The van der Waals surface area contributed by atoms with Gasteiger partial charge in [-0.15, -0.1) is 0 Å². The Bertz CT molecular complexity index is 656.